The van der Waals surface area contributed by atoms with E-state index in [0.717, 1.165) is 38.3 Å². The Labute approximate surface area is 143 Å². The van der Waals surface area contributed by atoms with E-state index in [1.807, 2.05) is 42.3 Å². The molecule has 5 heteroatoms. The Bertz CT molecular complexity index is 641. The van der Waals surface area contributed by atoms with E-state index in [2.05, 4.69) is 27.3 Å². The summed E-state index contributed by atoms with van der Waals surface area (Å²) in [6, 6.07) is 13.8. The van der Waals surface area contributed by atoms with Gasteiger partial charge in [-0.1, -0.05) is 36.4 Å². The van der Waals surface area contributed by atoms with Crippen LogP contribution in [0.3, 0.4) is 0 Å². The molecule has 1 amide bonds. The van der Waals surface area contributed by atoms with Gasteiger partial charge in [0, 0.05) is 45.1 Å². The largest absolute Gasteiger partial charge is 0.338 e. The third kappa shape index (κ3) is 3.99. The van der Waals surface area contributed by atoms with E-state index in [1.165, 1.54) is 5.56 Å². The van der Waals surface area contributed by atoms with Gasteiger partial charge in [-0.05, 0) is 24.2 Å². The van der Waals surface area contributed by atoms with Crippen LogP contribution in [0.15, 0.2) is 54.9 Å². The molecular formula is C19H24N4O. The van der Waals surface area contributed by atoms with Gasteiger partial charge in [0.2, 0.25) is 5.91 Å². The topological polar surface area (TPSA) is 48.5 Å². The van der Waals surface area contributed by atoms with Crippen molar-refractivity contribution in [2.75, 3.05) is 33.2 Å². The fourth-order valence-corrected chi connectivity index (χ4v) is 3.14. The number of rotatable bonds is 5. The first-order valence-electron chi connectivity index (χ1n) is 8.39. The molecule has 0 bridgehead atoms. The second-order valence-corrected chi connectivity index (χ2v) is 6.16. The average Bonchev–Trinajstić information content (AvgIpc) is 2.64. The van der Waals surface area contributed by atoms with Crippen LogP contribution in [-0.2, 0) is 11.3 Å². The molecule has 0 aliphatic carbocycles. The zero-order chi connectivity index (χ0) is 16.8. The van der Waals surface area contributed by atoms with Gasteiger partial charge in [0.25, 0.3) is 0 Å². The minimum Gasteiger partial charge on any atom is -0.338 e. The maximum absolute atomic E-state index is 13.2. The second kappa shape index (κ2) is 8.04. The smallest absolute Gasteiger partial charge is 0.244 e. The molecular weight excluding hydrogens is 300 g/mol. The number of likely N-dealkylation sites (N-methyl/N-ethyl adjacent to an activating group) is 1. The Morgan fingerprint density at radius 3 is 2.62 bits per heavy atom. The molecule has 1 atom stereocenters. The van der Waals surface area contributed by atoms with E-state index in [1.54, 1.807) is 12.4 Å². The Hall–Kier alpha value is -2.24. The Balaban J connectivity index is 1.82. The number of hydrogen-bond acceptors (Lipinski definition) is 4. The quantitative estimate of drug-likeness (QED) is 0.909. The lowest BCUT2D eigenvalue weighted by atomic mass is 10.0. The lowest BCUT2D eigenvalue weighted by molar-refractivity contribution is -0.137. The summed E-state index contributed by atoms with van der Waals surface area (Å²) in [6.07, 6.45) is 3.54. The van der Waals surface area contributed by atoms with Crippen LogP contribution < -0.4 is 5.32 Å². The van der Waals surface area contributed by atoms with Gasteiger partial charge in [-0.25, -0.2) is 0 Å². The Morgan fingerprint density at radius 1 is 1.21 bits per heavy atom. The summed E-state index contributed by atoms with van der Waals surface area (Å²) < 4.78 is 0. The van der Waals surface area contributed by atoms with Crippen molar-refractivity contribution < 1.29 is 4.79 Å². The molecule has 1 aromatic carbocycles. The van der Waals surface area contributed by atoms with Gasteiger partial charge in [0.05, 0.1) is 0 Å². The average molecular weight is 324 g/mol. The van der Waals surface area contributed by atoms with Crippen LogP contribution in [0.2, 0.25) is 0 Å². The molecule has 1 N–H and O–H groups in total. The number of piperazine rings is 1. The van der Waals surface area contributed by atoms with Gasteiger partial charge in [-0.15, -0.1) is 0 Å². The van der Waals surface area contributed by atoms with Crippen molar-refractivity contribution in [1.29, 1.82) is 0 Å². The summed E-state index contributed by atoms with van der Waals surface area (Å²) >= 11 is 0. The molecule has 5 nitrogen and oxygen atoms in total. The van der Waals surface area contributed by atoms with E-state index in [-0.39, 0.29) is 11.9 Å². The van der Waals surface area contributed by atoms with E-state index < -0.39 is 0 Å². The minimum atomic E-state index is -0.308. The first-order valence-corrected chi connectivity index (χ1v) is 8.39. The van der Waals surface area contributed by atoms with Crippen LogP contribution in [0.5, 0.6) is 0 Å². The molecule has 0 spiro atoms. The molecule has 24 heavy (non-hydrogen) atoms. The molecule has 1 aromatic heterocycles. The predicted molar refractivity (Wildman–Crippen MR) is 94.3 cm³/mol. The summed E-state index contributed by atoms with van der Waals surface area (Å²) in [5.74, 6) is 0.155. The number of amides is 1. The molecule has 0 radical (unpaired) electrons. The van der Waals surface area contributed by atoms with Crippen molar-refractivity contribution in [2.24, 2.45) is 0 Å². The number of benzene rings is 1. The van der Waals surface area contributed by atoms with Crippen molar-refractivity contribution in [3.05, 3.63) is 66.0 Å². The Morgan fingerprint density at radius 2 is 1.96 bits per heavy atom. The number of nitrogens with zero attached hydrogens (tertiary/aromatic N) is 3. The number of carbonyl (C=O) groups is 1. The van der Waals surface area contributed by atoms with E-state index >= 15 is 0 Å². The van der Waals surface area contributed by atoms with Crippen LogP contribution >= 0.6 is 0 Å². The van der Waals surface area contributed by atoms with E-state index in [4.69, 9.17) is 0 Å². The third-order valence-electron chi connectivity index (χ3n) is 4.38. The Kier molecular flexibility index (Phi) is 5.56. The minimum absolute atomic E-state index is 0.155. The van der Waals surface area contributed by atoms with Gasteiger partial charge in [-0.3, -0.25) is 14.7 Å². The molecule has 1 aliphatic rings. The number of aromatic nitrogens is 1. The van der Waals surface area contributed by atoms with Crippen LogP contribution in [0.25, 0.3) is 0 Å². The van der Waals surface area contributed by atoms with Gasteiger partial charge in [0.15, 0.2) is 0 Å². The summed E-state index contributed by atoms with van der Waals surface area (Å²) in [5.41, 5.74) is 2.14. The molecule has 126 valence electrons. The monoisotopic (exact) mass is 324 g/mol. The van der Waals surface area contributed by atoms with Crippen molar-refractivity contribution in [3.8, 4) is 0 Å². The standard InChI is InChI=1S/C19H24N4O/c1-22(15-16-6-3-2-4-7-16)18(17-8-5-9-21-14-17)19(24)23-12-10-20-11-13-23/h2-9,14,18,20H,10-13,15H2,1H3. The first-order chi connectivity index (χ1) is 11.8. The highest BCUT2D eigenvalue weighted by molar-refractivity contribution is 5.83. The lowest BCUT2D eigenvalue weighted by Gasteiger charge is -2.34. The number of nitrogens with one attached hydrogen (secondary N) is 1. The van der Waals surface area contributed by atoms with Crippen LogP contribution in [-0.4, -0.2) is 53.9 Å². The SMILES string of the molecule is CN(Cc1ccccc1)C(C(=O)N1CCNCC1)c1cccnc1. The fraction of sp³-hybridized carbons (Fsp3) is 0.368. The van der Waals surface area contributed by atoms with E-state index in [9.17, 15) is 4.79 Å². The van der Waals surface area contributed by atoms with Crippen molar-refractivity contribution in [1.82, 2.24) is 20.1 Å². The predicted octanol–water partition coefficient (Wildman–Crippen LogP) is 1.69. The summed E-state index contributed by atoms with van der Waals surface area (Å²) in [5, 5.41) is 3.30. The molecule has 1 unspecified atom stereocenters. The first kappa shape index (κ1) is 16.6. The molecule has 1 fully saturated rings. The highest BCUT2D eigenvalue weighted by atomic mass is 16.2. The van der Waals surface area contributed by atoms with E-state index in [0.29, 0.717) is 0 Å². The normalized spacial score (nSPS) is 16.2. The molecule has 3 rings (SSSR count). The fourth-order valence-electron chi connectivity index (χ4n) is 3.14. The van der Waals surface area contributed by atoms with Crippen molar-refractivity contribution in [2.45, 2.75) is 12.6 Å². The summed E-state index contributed by atoms with van der Waals surface area (Å²) in [7, 11) is 2.00. The summed E-state index contributed by atoms with van der Waals surface area (Å²) in [4.78, 5) is 21.4. The number of carbonyl (C=O) groups excluding carboxylic acids is 1. The third-order valence-corrected chi connectivity index (χ3v) is 4.38. The van der Waals surface area contributed by atoms with Gasteiger partial charge in [-0.2, -0.15) is 0 Å². The maximum atomic E-state index is 13.2. The number of hydrogen-bond donors (Lipinski definition) is 1. The highest BCUT2D eigenvalue weighted by Crippen LogP contribution is 2.23. The summed E-state index contributed by atoms with van der Waals surface area (Å²) in [6.45, 7) is 3.95. The lowest BCUT2D eigenvalue weighted by Crippen LogP contribution is -2.50. The van der Waals surface area contributed by atoms with Crippen LogP contribution in [0.4, 0.5) is 0 Å². The molecule has 2 aromatic rings. The molecule has 2 heterocycles. The maximum Gasteiger partial charge on any atom is 0.244 e. The molecule has 0 saturated carbocycles. The van der Waals surface area contributed by atoms with Crippen LogP contribution in [0.1, 0.15) is 17.2 Å². The second-order valence-electron chi connectivity index (χ2n) is 6.16. The van der Waals surface area contributed by atoms with Crippen molar-refractivity contribution >= 4 is 5.91 Å². The molecule has 1 aliphatic heterocycles. The zero-order valence-electron chi connectivity index (χ0n) is 14.1. The van der Waals surface area contributed by atoms with Gasteiger partial charge >= 0.3 is 0 Å². The van der Waals surface area contributed by atoms with Gasteiger partial charge < -0.3 is 10.2 Å². The number of pyridine rings is 1. The van der Waals surface area contributed by atoms with Crippen molar-refractivity contribution in [3.63, 3.8) is 0 Å². The van der Waals surface area contributed by atoms with Crippen LogP contribution in [0, 0.1) is 0 Å². The zero-order valence-corrected chi connectivity index (χ0v) is 14.1. The van der Waals surface area contributed by atoms with Gasteiger partial charge in [0.1, 0.15) is 6.04 Å². The highest BCUT2D eigenvalue weighted by Gasteiger charge is 2.30. The molecule has 1 saturated heterocycles.